The van der Waals surface area contributed by atoms with Crippen molar-refractivity contribution >= 4 is 8.97 Å². The average Bonchev–Trinajstić information content (AvgIpc) is 2.24. The van der Waals surface area contributed by atoms with Gasteiger partial charge in [0, 0.05) is 27.9 Å². The molecular formula is C9H21NO3Si. The highest BCUT2D eigenvalue weighted by atomic mass is 28.4. The molecule has 0 aliphatic rings. The number of hydrogen-bond donors (Lipinski definition) is 1. The molecule has 0 atom stereocenters. The molecule has 0 aliphatic carbocycles. The van der Waals surface area contributed by atoms with Crippen LogP contribution in [0.25, 0.3) is 0 Å². The lowest BCUT2D eigenvalue weighted by atomic mass is 10.3. The van der Waals surface area contributed by atoms with Crippen molar-refractivity contribution in [2.24, 2.45) is 0 Å². The monoisotopic (exact) mass is 219 g/mol. The Bertz CT molecular complexity index is 152. The molecule has 0 spiro atoms. The smallest absolute Gasteiger partial charge is 0.364 e. The van der Waals surface area contributed by atoms with Gasteiger partial charge in [0.1, 0.15) is 0 Å². The molecule has 0 saturated carbocycles. The molecule has 0 aromatic carbocycles. The lowest BCUT2D eigenvalue weighted by Crippen LogP contribution is -2.57. The third kappa shape index (κ3) is 4.87. The minimum atomic E-state index is -2.58. The van der Waals surface area contributed by atoms with Gasteiger partial charge in [-0.1, -0.05) is 25.5 Å². The van der Waals surface area contributed by atoms with E-state index in [0.29, 0.717) is 6.54 Å². The Labute approximate surface area is 87.7 Å². The molecule has 0 aliphatic heterocycles. The van der Waals surface area contributed by atoms with E-state index in [-0.39, 0.29) is 0 Å². The van der Waals surface area contributed by atoms with E-state index < -0.39 is 8.97 Å². The first-order valence-electron chi connectivity index (χ1n) is 4.80. The van der Waals surface area contributed by atoms with Gasteiger partial charge in [-0.15, -0.1) is 0 Å². The first-order valence-corrected chi connectivity index (χ1v) is 6.52. The van der Waals surface area contributed by atoms with Crippen LogP contribution in [0.15, 0.2) is 12.2 Å². The topological polar surface area (TPSA) is 39.7 Å². The van der Waals surface area contributed by atoms with Gasteiger partial charge in [-0.3, -0.25) is 4.98 Å². The predicted molar refractivity (Wildman–Crippen MR) is 58.8 cm³/mol. The minimum Gasteiger partial charge on any atom is -0.364 e. The molecule has 1 N–H and O–H groups in total. The molecule has 0 aromatic rings. The van der Waals surface area contributed by atoms with Crippen LogP contribution in [-0.2, 0) is 13.3 Å². The van der Waals surface area contributed by atoms with Gasteiger partial charge in [0.15, 0.2) is 0 Å². The molecule has 0 bridgehead atoms. The number of hydrogen-bond acceptors (Lipinski definition) is 4. The zero-order valence-electron chi connectivity index (χ0n) is 9.50. The first kappa shape index (κ1) is 13.8. The van der Waals surface area contributed by atoms with Crippen LogP contribution in [0, 0.1) is 0 Å². The highest BCUT2D eigenvalue weighted by molar-refractivity contribution is 6.57. The summed E-state index contributed by atoms with van der Waals surface area (Å²) in [5.74, 6) is 0. The van der Waals surface area contributed by atoms with Crippen LogP contribution in [0.1, 0.15) is 19.8 Å². The standard InChI is InChI=1S/C9H21NO3Si/c1-5-6-7-8-9-10-14(11-2,12-3)13-4/h7-8,10H,5-6,9H2,1-4H3. The number of unbranched alkanes of at least 4 members (excludes halogenated alkanes) is 1. The van der Waals surface area contributed by atoms with Gasteiger partial charge in [0.2, 0.25) is 0 Å². The van der Waals surface area contributed by atoms with E-state index in [2.05, 4.69) is 24.1 Å². The fraction of sp³-hybridized carbons (Fsp3) is 0.778. The third-order valence-corrected chi connectivity index (χ3v) is 4.11. The van der Waals surface area contributed by atoms with Gasteiger partial charge in [0.25, 0.3) is 0 Å². The van der Waals surface area contributed by atoms with Crippen molar-refractivity contribution in [3.8, 4) is 0 Å². The molecule has 4 nitrogen and oxygen atoms in total. The van der Waals surface area contributed by atoms with Crippen molar-refractivity contribution < 1.29 is 13.3 Å². The summed E-state index contributed by atoms with van der Waals surface area (Å²) < 4.78 is 15.6. The quantitative estimate of drug-likeness (QED) is 0.493. The average molecular weight is 219 g/mol. The zero-order valence-corrected chi connectivity index (χ0v) is 10.5. The van der Waals surface area contributed by atoms with E-state index in [1.807, 2.05) is 0 Å². The molecule has 0 radical (unpaired) electrons. The zero-order chi connectivity index (χ0) is 10.9. The van der Waals surface area contributed by atoms with E-state index in [1.165, 1.54) is 0 Å². The summed E-state index contributed by atoms with van der Waals surface area (Å²) in [5, 5.41) is 0. The highest BCUT2D eigenvalue weighted by Crippen LogP contribution is 2.00. The van der Waals surface area contributed by atoms with Crippen molar-refractivity contribution in [3.63, 3.8) is 0 Å². The minimum absolute atomic E-state index is 0.710. The summed E-state index contributed by atoms with van der Waals surface area (Å²) in [6.45, 7) is 2.86. The third-order valence-electron chi connectivity index (χ3n) is 1.86. The van der Waals surface area contributed by atoms with Crippen LogP contribution >= 0.6 is 0 Å². The maximum Gasteiger partial charge on any atom is 0.596 e. The Morgan fingerprint density at radius 1 is 1.07 bits per heavy atom. The second-order valence-electron chi connectivity index (χ2n) is 2.81. The van der Waals surface area contributed by atoms with Crippen LogP contribution in [0.2, 0.25) is 0 Å². The molecule has 14 heavy (non-hydrogen) atoms. The van der Waals surface area contributed by atoms with Gasteiger partial charge in [-0.25, -0.2) is 0 Å². The van der Waals surface area contributed by atoms with Crippen molar-refractivity contribution in [1.82, 2.24) is 4.98 Å². The molecule has 0 aromatic heterocycles. The first-order chi connectivity index (χ1) is 6.74. The summed E-state index contributed by atoms with van der Waals surface area (Å²) in [6, 6.07) is 0. The van der Waals surface area contributed by atoms with E-state index in [1.54, 1.807) is 21.3 Å². The summed E-state index contributed by atoms with van der Waals surface area (Å²) in [5.41, 5.74) is 0. The highest BCUT2D eigenvalue weighted by Gasteiger charge is 2.37. The van der Waals surface area contributed by atoms with Crippen molar-refractivity contribution in [3.05, 3.63) is 12.2 Å². The van der Waals surface area contributed by atoms with Crippen LogP contribution in [0.4, 0.5) is 0 Å². The van der Waals surface area contributed by atoms with E-state index in [0.717, 1.165) is 12.8 Å². The summed E-state index contributed by atoms with van der Waals surface area (Å²) in [6.07, 6.45) is 6.45. The fourth-order valence-electron chi connectivity index (χ4n) is 1.02. The molecular weight excluding hydrogens is 198 g/mol. The second-order valence-corrected chi connectivity index (χ2v) is 5.50. The van der Waals surface area contributed by atoms with Gasteiger partial charge in [-0.05, 0) is 6.42 Å². The molecule has 0 unspecified atom stereocenters. The van der Waals surface area contributed by atoms with Crippen LogP contribution < -0.4 is 4.98 Å². The predicted octanol–water partition coefficient (Wildman–Crippen LogP) is 1.31. The van der Waals surface area contributed by atoms with Crippen LogP contribution in [0.5, 0.6) is 0 Å². The SMILES string of the molecule is CCCC=CCN[Si](OC)(OC)OC. The largest absolute Gasteiger partial charge is 0.596 e. The van der Waals surface area contributed by atoms with Gasteiger partial charge < -0.3 is 13.3 Å². The molecule has 5 heteroatoms. The molecule has 0 saturated heterocycles. The maximum absolute atomic E-state index is 5.19. The molecule has 0 fully saturated rings. The van der Waals surface area contributed by atoms with Crippen LogP contribution in [-0.4, -0.2) is 36.8 Å². The molecule has 0 amide bonds. The Morgan fingerprint density at radius 3 is 2.07 bits per heavy atom. The Morgan fingerprint density at radius 2 is 1.64 bits per heavy atom. The normalized spacial score (nSPS) is 12.6. The maximum atomic E-state index is 5.19. The van der Waals surface area contributed by atoms with Gasteiger partial charge >= 0.3 is 8.97 Å². The van der Waals surface area contributed by atoms with Gasteiger partial charge in [0.05, 0.1) is 0 Å². The lowest BCUT2D eigenvalue weighted by Gasteiger charge is -2.23. The second kappa shape index (κ2) is 8.13. The van der Waals surface area contributed by atoms with Crippen LogP contribution in [0.3, 0.4) is 0 Å². The molecule has 0 heterocycles. The number of nitrogens with one attached hydrogen (secondary N) is 1. The molecule has 0 rings (SSSR count). The van der Waals surface area contributed by atoms with E-state index in [9.17, 15) is 0 Å². The summed E-state index contributed by atoms with van der Waals surface area (Å²) in [4.78, 5) is 3.13. The van der Waals surface area contributed by atoms with Gasteiger partial charge in [-0.2, -0.15) is 0 Å². The lowest BCUT2D eigenvalue weighted by molar-refractivity contribution is 0.112. The summed E-state index contributed by atoms with van der Waals surface area (Å²) >= 11 is 0. The van der Waals surface area contributed by atoms with Crippen molar-refractivity contribution in [2.75, 3.05) is 27.9 Å². The summed E-state index contributed by atoms with van der Waals surface area (Å²) in [7, 11) is 2.18. The fourth-order valence-corrected chi connectivity index (χ4v) is 2.32. The Kier molecular flexibility index (Phi) is 8.02. The number of rotatable bonds is 8. The number of allylic oxidation sites excluding steroid dienone is 1. The Balaban J connectivity index is 3.82. The van der Waals surface area contributed by atoms with Crippen molar-refractivity contribution in [2.45, 2.75) is 19.8 Å². The molecule has 84 valence electrons. The van der Waals surface area contributed by atoms with E-state index in [4.69, 9.17) is 13.3 Å². The van der Waals surface area contributed by atoms with E-state index >= 15 is 0 Å². The van der Waals surface area contributed by atoms with Crippen molar-refractivity contribution in [1.29, 1.82) is 0 Å². The Hall–Kier alpha value is -0.203.